The molecule has 0 saturated carbocycles. The molecule has 0 unspecified atom stereocenters. The number of amides is 1. The third kappa shape index (κ3) is 6.14. The molecule has 1 aliphatic heterocycles. The normalized spacial score (nSPS) is 18.4. The third-order valence-electron chi connectivity index (χ3n) is 4.56. The van der Waals surface area contributed by atoms with E-state index < -0.39 is 5.97 Å². The molecule has 1 N–H and O–H groups in total. The van der Waals surface area contributed by atoms with Gasteiger partial charge in [0, 0.05) is 37.8 Å². The molecule has 1 amide bonds. The van der Waals surface area contributed by atoms with Crippen molar-refractivity contribution in [3.63, 3.8) is 0 Å². The molecular formula is C18H29N3O4. The third-order valence-corrected chi connectivity index (χ3v) is 4.56. The number of hydrogen-bond donors (Lipinski definition) is 1. The van der Waals surface area contributed by atoms with Crippen LogP contribution in [0.3, 0.4) is 0 Å². The number of piperidine rings is 1. The van der Waals surface area contributed by atoms with E-state index in [1.165, 1.54) is 0 Å². The van der Waals surface area contributed by atoms with E-state index in [1.54, 1.807) is 0 Å². The smallest absolute Gasteiger partial charge is 0.303 e. The Morgan fingerprint density at radius 3 is 2.72 bits per heavy atom. The monoisotopic (exact) mass is 351 g/mol. The molecule has 0 spiro atoms. The standard InChI is InChI=1S/C18H29N3O4/c1-18(2,3)17-19-14(25-20-17)7-4-8-15(22)21-11-5-6-13(12-21)9-10-16(23)24/h13H,4-12H2,1-3H3,(H,23,24)/t13-/m0/s1. The van der Waals surface area contributed by atoms with E-state index in [4.69, 9.17) is 9.63 Å². The number of hydrogen-bond acceptors (Lipinski definition) is 5. The van der Waals surface area contributed by atoms with Gasteiger partial charge in [0.25, 0.3) is 0 Å². The van der Waals surface area contributed by atoms with Crippen LogP contribution in [0.4, 0.5) is 0 Å². The van der Waals surface area contributed by atoms with E-state index >= 15 is 0 Å². The van der Waals surface area contributed by atoms with Gasteiger partial charge in [-0.05, 0) is 31.6 Å². The molecule has 140 valence electrons. The van der Waals surface area contributed by atoms with Crippen molar-refractivity contribution >= 4 is 11.9 Å². The van der Waals surface area contributed by atoms with Gasteiger partial charge in [-0.1, -0.05) is 25.9 Å². The first-order chi connectivity index (χ1) is 11.8. The molecule has 0 bridgehead atoms. The number of carboxylic acids is 1. The van der Waals surface area contributed by atoms with Crippen molar-refractivity contribution in [3.8, 4) is 0 Å². The Kier molecular flexibility index (Phi) is 6.56. The molecule has 1 saturated heterocycles. The minimum absolute atomic E-state index is 0.135. The van der Waals surface area contributed by atoms with Crippen molar-refractivity contribution in [2.24, 2.45) is 5.92 Å². The Morgan fingerprint density at radius 1 is 1.32 bits per heavy atom. The van der Waals surface area contributed by atoms with Gasteiger partial charge >= 0.3 is 5.97 Å². The first kappa shape index (κ1) is 19.4. The number of carbonyl (C=O) groups excluding carboxylic acids is 1. The average Bonchev–Trinajstić information content (AvgIpc) is 3.02. The average molecular weight is 351 g/mol. The fraction of sp³-hybridized carbons (Fsp3) is 0.778. The minimum atomic E-state index is -0.766. The molecule has 1 aliphatic rings. The van der Waals surface area contributed by atoms with Crippen LogP contribution < -0.4 is 0 Å². The highest BCUT2D eigenvalue weighted by Crippen LogP contribution is 2.22. The number of aromatic nitrogens is 2. The van der Waals surface area contributed by atoms with Crippen LogP contribution in [0.25, 0.3) is 0 Å². The number of carboxylic acid groups (broad SMARTS) is 1. The van der Waals surface area contributed by atoms with Crippen LogP contribution in [0.2, 0.25) is 0 Å². The first-order valence-electron chi connectivity index (χ1n) is 9.08. The second kappa shape index (κ2) is 8.45. The van der Waals surface area contributed by atoms with Gasteiger partial charge < -0.3 is 14.5 Å². The maximum atomic E-state index is 12.4. The van der Waals surface area contributed by atoms with Crippen molar-refractivity contribution in [1.82, 2.24) is 15.0 Å². The molecule has 2 rings (SSSR count). The fourth-order valence-corrected chi connectivity index (χ4v) is 3.06. The molecule has 25 heavy (non-hydrogen) atoms. The summed E-state index contributed by atoms with van der Waals surface area (Å²) in [5.41, 5.74) is -0.143. The molecule has 2 heterocycles. The number of nitrogens with zero attached hydrogens (tertiary/aromatic N) is 3. The molecule has 0 aliphatic carbocycles. The Morgan fingerprint density at radius 2 is 2.08 bits per heavy atom. The molecule has 1 atom stereocenters. The molecule has 0 aromatic carbocycles. The summed E-state index contributed by atoms with van der Waals surface area (Å²) in [6.07, 6.45) is 4.53. The summed E-state index contributed by atoms with van der Waals surface area (Å²) >= 11 is 0. The van der Waals surface area contributed by atoms with Crippen molar-refractivity contribution in [1.29, 1.82) is 0 Å². The van der Waals surface area contributed by atoms with Gasteiger partial charge in [0.1, 0.15) is 0 Å². The summed E-state index contributed by atoms with van der Waals surface area (Å²) in [5.74, 6) is 0.939. The van der Waals surface area contributed by atoms with Gasteiger partial charge in [-0.3, -0.25) is 9.59 Å². The molecule has 1 fully saturated rings. The van der Waals surface area contributed by atoms with Gasteiger partial charge in [-0.15, -0.1) is 0 Å². The van der Waals surface area contributed by atoms with Crippen LogP contribution in [0.15, 0.2) is 4.52 Å². The zero-order chi connectivity index (χ0) is 18.4. The maximum Gasteiger partial charge on any atom is 0.303 e. The molecule has 7 heteroatoms. The number of aliphatic carboxylic acids is 1. The maximum absolute atomic E-state index is 12.4. The lowest BCUT2D eigenvalue weighted by atomic mass is 9.93. The molecule has 1 aromatic heterocycles. The number of aryl methyl sites for hydroxylation is 1. The number of likely N-dealkylation sites (tertiary alicyclic amines) is 1. The molecular weight excluding hydrogens is 322 g/mol. The van der Waals surface area contributed by atoms with E-state index in [0.29, 0.717) is 49.9 Å². The lowest BCUT2D eigenvalue weighted by Crippen LogP contribution is -2.40. The zero-order valence-electron chi connectivity index (χ0n) is 15.5. The highest BCUT2D eigenvalue weighted by Gasteiger charge is 2.24. The predicted molar refractivity (Wildman–Crippen MR) is 92.1 cm³/mol. The van der Waals surface area contributed by atoms with Crippen LogP contribution in [-0.2, 0) is 21.4 Å². The Bertz CT molecular complexity index is 591. The van der Waals surface area contributed by atoms with Crippen molar-refractivity contribution in [3.05, 3.63) is 11.7 Å². The van der Waals surface area contributed by atoms with Gasteiger partial charge in [0.2, 0.25) is 11.8 Å². The topological polar surface area (TPSA) is 96.5 Å². The lowest BCUT2D eigenvalue weighted by molar-refractivity contribution is -0.137. The summed E-state index contributed by atoms with van der Waals surface area (Å²) < 4.78 is 5.25. The minimum Gasteiger partial charge on any atom is -0.481 e. The summed E-state index contributed by atoms with van der Waals surface area (Å²) in [6, 6.07) is 0. The lowest BCUT2D eigenvalue weighted by Gasteiger charge is -2.32. The van der Waals surface area contributed by atoms with Crippen molar-refractivity contribution < 1.29 is 19.2 Å². The van der Waals surface area contributed by atoms with Gasteiger partial charge in [-0.25, -0.2) is 0 Å². The largest absolute Gasteiger partial charge is 0.481 e. The summed E-state index contributed by atoms with van der Waals surface area (Å²) in [5, 5.41) is 12.8. The SMILES string of the molecule is CC(C)(C)c1noc(CCCC(=O)N2CCC[C@@H](CCC(=O)O)C2)n1. The van der Waals surface area contributed by atoms with E-state index in [2.05, 4.69) is 10.1 Å². The van der Waals surface area contributed by atoms with E-state index in [0.717, 1.165) is 19.4 Å². The van der Waals surface area contributed by atoms with Crippen LogP contribution in [0.1, 0.15) is 71.0 Å². The second-order valence-electron chi connectivity index (χ2n) is 7.90. The van der Waals surface area contributed by atoms with E-state index in [9.17, 15) is 9.59 Å². The summed E-state index contributed by atoms with van der Waals surface area (Å²) in [4.78, 5) is 29.3. The summed E-state index contributed by atoms with van der Waals surface area (Å²) in [7, 11) is 0. The predicted octanol–water partition coefficient (Wildman–Crippen LogP) is 2.79. The Hall–Kier alpha value is -1.92. The second-order valence-corrected chi connectivity index (χ2v) is 7.90. The zero-order valence-corrected chi connectivity index (χ0v) is 15.5. The fourth-order valence-electron chi connectivity index (χ4n) is 3.06. The Labute approximate surface area is 148 Å². The highest BCUT2D eigenvalue weighted by molar-refractivity contribution is 5.76. The van der Waals surface area contributed by atoms with Gasteiger partial charge in [-0.2, -0.15) is 4.98 Å². The van der Waals surface area contributed by atoms with Crippen LogP contribution >= 0.6 is 0 Å². The Balaban J connectivity index is 1.74. The first-order valence-corrected chi connectivity index (χ1v) is 9.08. The number of rotatable bonds is 7. The van der Waals surface area contributed by atoms with Gasteiger partial charge in [0.15, 0.2) is 5.82 Å². The molecule has 0 radical (unpaired) electrons. The summed E-state index contributed by atoms with van der Waals surface area (Å²) in [6.45, 7) is 7.55. The van der Waals surface area contributed by atoms with Crippen LogP contribution in [-0.4, -0.2) is 45.1 Å². The van der Waals surface area contributed by atoms with Crippen molar-refractivity contribution in [2.75, 3.05) is 13.1 Å². The quantitative estimate of drug-likeness (QED) is 0.811. The van der Waals surface area contributed by atoms with Crippen LogP contribution in [0, 0.1) is 5.92 Å². The number of carbonyl (C=O) groups is 2. The van der Waals surface area contributed by atoms with Gasteiger partial charge in [0.05, 0.1) is 0 Å². The molecule has 1 aromatic rings. The van der Waals surface area contributed by atoms with E-state index in [-0.39, 0.29) is 17.7 Å². The van der Waals surface area contributed by atoms with Crippen molar-refractivity contribution in [2.45, 2.75) is 71.1 Å². The highest BCUT2D eigenvalue weighted by atomic mass is 16.5. The molecule has 7 nitrogen and oxygen atoms in total. The van der Waals surface area contributed by atoms with E-state index in [1.807, 2.05) is 25.7 Å². The van der Waals surface area contributed by atoms with Crippen LogP contribution in [0.5, 0.6) is 0 Å².